The largest absolute Gasteiger partial charge is 0.406 e. The summed E-state index contributed by atoms with van der Waals surface area (Å²) >= 11 is 0. The maximum absolute atomic E-state index is 12.8. The van der Waals surface area contributed by atoms with E-state index in [2.05, 4.69) is 5.32 Å². The minimum absolute atomic E-state index is 0.266. The first-order valence-electron chi connectivity index (χ1n) is 4.74. The fraction of sp³-hybridized carbons (Fsp3) is 0.400. The highest BCUT2D eigenvalue weighted by molar-refractivity contribution is 5.22. The summed E-state index contributed by atoms with van der Waals surface area (Å²) in [5.41, 5.74) is 0. The summed E-state index contributed by atoms with van der Waals surface area (Å²) in [6, 6.07) is 6.20. The van der Waals surface area contributed by atoms with Crippen molar-refractivity contribution in [1.82, 2.24) is 10.4 Å². The van der Waals surface area contributed by atoms with Crippen molar-refractivity contribution in [3.63, 3.8) is 0 Å². The van der Waals surface area contributed by atoms with Crippen LogP contribution in [0, 0.1) is 5.82 Å². The lowest BCUT2D eigenvalue weighted by atomic mass is 10.3. The molecule has 1 fully saturated rings. The minimum Gasteiger partial charge on any atom is -0.406 e. The fourth-order valence-corrected chi connectivity index (χ4v) is 1.41. The molecule has 1 aliphatic rings. The van der Waals surface area contributed by atoms with Gasteiger partial charge in [-0.2, -0.15) is 0 Å². The van der Waals surface area contributed by atoms with Crippen LogP contribution in [0.1, 0.15) is 0 Å². The van der Waals surface area contributed by atoms with Crippen molar-refractivity contribution in [3.05, 3.63) is 30.1 Å². The Labute approximate surface area is 82.4 Å². The van der Waals surface area contributed by atoms with Gasteiger partial charge in [0.2, 0.25) is 0 Å². The van der Waals surface area contributed by atoms with E-state index < -0.39 is 0 Å². The second-order valence-corrected chi connectivity index (χ2v) is 3.23. The van der Waals surface area contributed by atoms with Gasteiger partial charge in [0.15, 0.2) is 0 Å². The molecule has 1 aromatic carbocycles. The first kappa shape index (κ1) is 9.43. The molecule has 0 amide bonds. The third kappa shape index (κ3) is 2.43. The lowest BCUT2D eigenvalue weighted by Gasteiger charge is -2.26. The van der Waals surface area contributed by atoms with Gasteiger partial charge in [-0.1, -0.05) is 6.07 Å². The molecule has 0 spiro atoms. The van der Waals surface area contributed by atoms with Gasteiger partial charge in [-0.3, -0.25) is 0 Å². The molecule has 3 nitrogen and oxygen atoms in total. The highest BCUT2D eigenvalue weighted by Gasteiger charge is 2.10. The smallest absolute Gasteiger partial charge is 0.150 e. The van der Waals surface area contributed by atoms with Gasteiger partial charge in [0.05, 0.1) is 0 Å². The Morgan fingerprint density at radius 2 is 2.07 bits per heavy atom. The van der Waals surface area contributed by atoms with E-state index in [0.29, 0.717) is 5.75 Å². The summed E-state index contributed by atoms with van der Waals surface area (Å²) in [4.78, 5) is 5.49. The minimum atomic E-state index is -0.266. The number of benzene rings is 1. The highest BCUT2D eigenvalue weighted by Crippen LogP contribution is 2.13. The molecule has 2 rings (SSSR count). The molecule has 0 aromatic heterocycles. The second kappa shape index (κ2) is 4.39. The Kier molecular flexibility index (Phi) is 2.96. The van der Waals surface area contributed by atoms with Crippen LogP contribution in [0.15, 0.2) is 24.3 Å². The first-order valence-corrected chi connectivity index (χ1v) is 4.74. The molecule has 0 bridgehead atoms. The van der Waals surface area contributed by atoms with Crippen LogP contribution in [-0.4, -0.2) is 31.2 Å². The monoisotopic (exact) mass is 196 g/mol. The molecule has 0 radical (unpaired) electrons. The van der Waals surface area contributed by atoms with Crippen LogP contribution in [0.3, 0.4) is 0 Å². The Morgan fingerprint density at radius 3 is 2.79 bits per heavy atom. The second-order valence-electron chi connectivity index (χ2n) is 3.23. The molecule has 76 valence electrons. The number of hydrogen-bond acceptors (Lipinski definition) is 3. The number of halogens is 1. The summed E-state index contributed by atoms with van der Waals surface area (Å²) < 4.78 is 12.8. The van der Waals surface area contributed by atoms with Crippen LogP contribution < -0.4 is 10.2 Å². The Morgan fingerprint density at radius 1 is 1.29 bits per heavy atom. The average Bonchev–Trinajstić information content (AvgIpc) is 2.19. The van der Waals surface area contributed by atoms with E-state index in [0.717, 1.165) is 26.2 Å². The number of nitrogens with zero attached hydrogens (tertiary/aromatic N) is 1. The van der Waals surface area contributed by atoms with E-state index in [9.17, 15) is 4.39 Å². The van der Waals surface area contributed by atoms with Gasteiger partial charge in [-0.25, -0.2) is 4.39 Å². The van der Waals surface area contributed by atoms with Crippen LogP contribution in [0.2, 0.25) is 0 Å². The molecular weight excluding hydrogens is 183 g/mol. The van der Waals surface area contributed by atoms with Crippen molar-refractivity contribution < 1.29 is 9.23 Å². The lowest BCUT2D eigenvalue weighted by molar-refractivity contribution is -0.0666. The molecule has 0 aliphatic carbocycles. The number of nitrogens with one attached hydrogen (secondary N) is 1. The zero-order valence-corrected chi connectivity index (χ0v) is 7.87. The van der Waals surface area contributed by atoms with Crippen molar-refractivity contribution >= 4 is 0 Å². The van der Waals surface area contributed by atoms with E-state index in [4.69, 9.17) is 4.84 Å². The number of hydrogen-bond donors (Lipinski definition) is 1. The third-order valence-electron chi connectivity index (χ3n) is 2.11. The van der Waals surface area contributed by atoms with Gasteiger partial charge in [0.1, 0.15) is 11.6 Å². The lowest BCUT2D eigenvalue weighted by Crippen LogP contribution is -2.45. The number of rotatable bonds is 2. The molecule has 0 unspecified atom stereocenters. The van der Waals surface area contributed by atoms with Crippen molar-refractivity contribution in [3.8, 4) is 5.75 Å². The van der Waals surface area contributed by atoms with E-state index in [1.807, 2.05) is 5.06 Å². The molecule has 1 N–H and O–H groups in total. The van der Waals surface area contributed by atoms with E-state index >= 15 is 0 Å². The molecule has 14 heavy (non-hydrogen) atoms. The van der Waals surface area contributed by atoms with Crippen LogP contribution in [-0.2, 0) is 0 Å². The van der Waals surface area contributed by atoms with E-state index in [1.54, 1.807) is 12.1 Å². The Bertz CT molecular complexity index is 300. The predicted molar refractivity (Wildman–Crippen MR) is 51.5 cm³/mol. The van der Waals surface area contributed by atoms with Crippen molar-refractivity contribution in [2.75, 3.05) is 26.2 Å². The molecule has 1 heterocycles. The summed E-state index contributed by atoms with van der Waals surface area (Å²) in [7, 11) is 0. The van der Waals surface area contributed by atoms with Gasteiger partial charge in [0.25, 0.3) is 0 Å². The highest BCUT2D eigenvalue weighted by atomic mass is 19.1. The zero-order chi connectivity index (χ0) is 9.80. The molecule has 1 aliphatic heterocycles. The Hall–Kier alpha value is -1.13. The molecule has 1 saturated heterocycles. The van der Waals surface area contributed by atoms with Crippen LogP contribution in [0.4, 0.5) is 4.39 Å². The average molecular weight is 196 g/mol. The maximum Gasteiger partial charge on any atom is 0.150 e. The molecular formula is C10H13FN2O. The summed E-state index contributed by atoms with van der Waals surface area (Å²) in [5.74, 6) is 0.296. The SMILES string of the molecule is Fc1cccc(ON2CCNCC2)c1. The summed E-state index contributed by atoms with van der Waals surface area (Å²) in [6.45, 7) is 3.48. The van der Waals surface area contributed by atoms with Crippen LogP contribution in [0.25, 0.3) is 0 Å². The fourth-order valence-electron chi connectivity index (χ4n) is 1.41. The van der Waals surface area contributed by atoms with E-state index in [-0.39, 0.29) is 5.82 Å². The van der Waals surface area contributed by atoms with Crippen molar-refractivity contribution in [2.24, 2.45) is 0 Å². The molecule has 1 aromatic rings. The normalized spacial score (nSPS) is 18.1. The summed E-state index contributed by atoms with van der Waals surface area (Å²) in [6.07, 6.45) is 0. The molecule has 4 heteroatoms. The quantitative estimate of drug-likeness (QED) is 0.764. The molecule has 0 atom stereocenters. The van der Waals surface area contributed by atoms with Crippen molar-refractivity contribution in [1.29, 1.82) is 0 Å². The van der Waals surface area contributed by atoms with Gasteiger partial charge in [-0.15, -0.1) is 5.06 Å². The van der Waals surface area contributed by atoms with Crippen LogP contribution in [0.5, 0.6) is 5.75 Å². The summed E-state index contributed by atoms with van der Waals surface area (Å²) in [5, 5.41) is 5.05. The van der Waals surface area contributed by atoms with E-state index in [1.165, 1.54) is 12.1 Å². The first-order chi connectivity index (χ1) is 6.84. The third-order valence-corrected chi connectivity index (χ3v) is 2.11. The van der Waals surface area contributed by atoms with Gasteiger partial charge in [-0.05, 0) is 12.1 Å². The van der Waals surface area contributed by atoms with Gasteiger partial charge < -0.3 is 10.2 Å². The topological polar surface area (TPSA) is 24.5 Å². The zero-order valence-electron chi connectivity index (χ0n) is 7.87. The maximum atomic E-state index is 12.8. The van der Waals surface area contributed by atoms with Gasteiger partial charge >= 0.3 is 0 Å². The van der Waals surface area contributed by atoms with Crippen LogP contribution >= 0.6 is 0 Å². The number of piperazine rings is 1. The van der Waals surface area contributed by atoms with Crippen molar-refractivity contribution in [2.45, 2.75) is 0 Å². The number of hydroxylamine groups is 2. The molecule has 0 saturated carbocycles. The standard InChI is InChI=1S/C10H13FN2O/c11-9-2-1-3-10(8-9)14-13-6-4-12-5-7-13/h1-3,8,12H,4-7H2. The van der Waals surface area contributed by atoms with Gasteiger partial charge in [0, 0.05) is 32.2 Å². The predicted octanol–water partition coefficient (Wildman–Crippen LogP) is 1.02. The Balaban J connectivity index is 1.95.